The van der Waals surface area contributed by atoms with E-state index in [1.54, 1.807) is 0 Å². The molecule has 2 heterocycles. The third-order valence-electron chi connectivity index (χ3n) is 20.4. The van der Waals surface area contributed by atoms with E-state index in [-0.39, 0.29) is 12.5 Å². The average Bonchev–Trinajstić information content (AvgIpc) is 0.927. The molecule has 562 valence electrons. The molecule has 1 amide bonds. The van der Waals surface area contributed by atoms with Gasteiger partial charge in [0, 0.05) is 6.42 Å². The summed E-state index contributed by atoms with van der Waals surface area (Å²) in [5.74, 6) is -0.197. The Hall–Kier alpha value is -1.53. The molecule has 0 bridgehead atoms. The van der Waals surface area contributed by atoms with Crippen molar-refractivity contribution in [3.63, 3.8) is 0 Å². The second kappa shape index (κ2) is 65.8. The molecule has 0 aromatic carbocycles. The zero-order valence-electron chi connectivity index (χ0n) is 61.7. The molecular formula is C81H155NO13. The maximum absolute atomic E-state index is 13.4. The summed E-state index contributed by atoms with van der Waals surface area (Å²) in [6.45, 7) is 2.92. The molecule has 0 aliphatic carbocycles. The topological polar surface area (TPSA) is 228 Å². The van der Waals surface area contributed by atoms with Crippen molar-refractivity contribution in [2.45, 2.75) is 466 Å². The standard InChI is InChI=1S/C81H155NO13/c1-3-5-7-9-11-13-15-17-19-21-23-25-27-29-30-31-32-33-34-35-36-37-38-39-40-41-43-45-47-49-51-53-55-57-59-61-63-65-73(86)82-69(68-92-80-78(91)76(89)79(72(67-84)94-80)95-81-77(90)75(88)74(87)71(66-83)93-81)70(85)64-62-60-58-56-54-52-50-48-46-44-42-28-26-24-22-20-18-16-14-12-10-8-6-4-2/h15,17,21,23,69-72,74-81,83-85,87-91H,3-14,16,18-20,22,24-68H2,1-2H3,(H,82,86)/b17-15-,23-21-. The average molecular weight is 1350 g/mol. The van der Waals surface area contributed by atoms with Gasteiger partial charge < -0.3 is 65.1 Å². The first-order chi connectivity index (χ1) is 46.6. The number of aliphatic hydroxyl groups excluding tert-OH is 8. The molecule has 0 radical (unpaired) electrons. The number of amides is 1. The Bertz CT molecular complexity index is 1690. The fourth-order valence-electron chi connectivity index (χ4n) is 13.9. The van der Waals surface area contributed by atoms with Crippen molar-refractivity contribution < 1.29 is 64.6 Å². The van der Waals surface area contributed by atoms with Gasteiger partial charge >= 0.3 is 0 Å². The zero-order chi connectivity index (χ0) is 68.7. The normalized spacial score (nSPS) is 22.4. The van der Waals surface area contributed by atoms with Gasteiger partial charge in [-0.1, -0.05) is 366 Å². The lowest BCUT2D eigenvalue weighted by molar-refractivity contribution is -0.359. The highest BCUT2D eigenvalue weighted by Gasteiger charge is 2.51. The molecule has 0 spiro atoms. The number of hydrogen-bond acceptors (Lipinski definition) is 13. The highest BCUT2D eigenvalue weighted by Crippen LogP contribution is 2.31. The fraction of sp³-hybridized carbons (Fsp3) is 0.938. The van der Waals surface area contributed by atoms with Crippen LogP contribution in [0.5, 0.6) is 0 Å². The SMILES string of the molecule is CCCCCCC/C=C\C/C=C\CCCCCCCCCCCCCCCCCCCCCCCCCCCC(=O)NC(COC1OC(CO)C(OC2OC(CO)C(O)C(O)C2O)C(O)C1O)C(O)CCCCCCCCCCCCCCCCCCCCCCCCCC. The Balaban J connectivity index is 1.57. The van der Waals surface area contributed by atoms with E-state index in [9.17, 15) is 45.6 Å². The first kappa shape index (κ1) is 89.6. The summed E-state index contributed by atoms with van der Waals surface area (Å²) < 4.78 is 23.0. The Kier molecular flexibility index (Phi) is 62.0. The van der Waals surface area contributed by atoms with Crippen LogP contribution in [0.1, 0.15) is 393 Å². The second-order valence-corrected chi connectivity index (χ2v) is 29.3. The molecule has 12 atom stereocenters. The van der Waals surface area contributed by atoms with Gasteiger partial charge in [-0.15, -0.1) is 0 Å². The van der Waals surface area contributed by atoms with Gasteiger partial charge in [0.05, 0.1) is 32.0 Å². The van der Waals surface area contributed by atoms with E-state index in [4.69, 9.17) is 18.9 Å². The minimum atomic E-state index is -1.78. The molecule has 0 saturated carbocycles. The number of aliphatic hydroxyl groups is 8. The van der Waals surface area contributed by atoms with Crippen LogP contribution < -0.4 is 5.32 Å². The minimum Gasteiger partial charge on any atom is -0.394 e. The Morgan fingerprint density at radius 3 is 1.05 bits per heavy atom. The molecule has 0 aromatic rings. The van der Waals surface area contributed by atoms with Crippen molar-refractivity contribution in [2.75, 3.05) is 19.8 Å². The number of carbonyl (C=O) groups excluding carboxylic acids is 1. The Morgan fingerprint density at radius 2 is 0.695 bits per heavy atom. The molecule has 2 fully saturated rings. The molecule has 14 heteroatoms. The van der Waals surface area contributed by atoms with Crippen molar-refractivity contribution in [1.29, 1.82) is 0 Å². The number of ether oxygens (including phenoxy) is 4. The van der Waals surface area contributed by atoms with Gasteiger partial charge in [-0.2, -0.15) is 0 Å². The first-order valence-corrected chi connectivity index (χ1v) is 41.1. The third-order valence-corrected chi connectivity index (χ3v) is 20.4. The summed E-state index contributed by atoms with van der Waals surface area (Å²) in [4.78, 5) is 13.4. The lowest BCUT2D eigenvalue weighted by Gasteiger charge is -2.46. The molecule has 0 aromatic heterocycles. The monoisotopic (exact) mass is 1350 g/mol. The molecule has 14 nitrogen and oxygen atoms in total. The van der Waals surface area contributed by atoms with E-state index in [1.807, 2.05) is 0 Å². The number of unbranched alkanes of at least 4 members (excludes halogenated alkanes) is 53. The predicted molar refractivity (Wildman–Crippen MR) is 392 cm³/mol. The first-order valence-electron chi connectivity index (χ1n) is 41.1. The summed E-state index contributed by atoms with van der Waals surface area (Å²) >= 11 is 0. The summed E-state index contributed by atoms with van der Waals surface area (Å²) in [6.07, 6.45) is 68.0. The van der Waals surface area contributed by atoms with E-state index in [2.05, 4.69) is 43.5 Å². The van der Waals surface area contributed by atoms with Crippen LogP contribution in [-0.2, 0) is 23.7 Å². The maximum atomic E-state index is 13.4. The second-order valence-electron chi connectivity index (χ2n) is 29.3. The number of allylic oxidation sites excluding steroid dienone is 4. The number of hydrogen-bond donors (Lipinski definition) is 9. The van der Waals surface area contributed by atoms with Gasteiger partial charge in [0.1, 0.15) is 48.8 Å². The van der Waals surface area contributed by atoms with Crippen LogP contribution in [0.2, 0.25) is 0 Å². The van der Waals surface area contributed by atoms with Gasteiger partial charge in [0.15, 0.2) is 12.6 Å². The van der Waals surface area contributed by atoms with Crippen molar-refractivity contribution in [3.8, 4) is 0 Å². The summed E-state index contributed by atoms with van der Waals surface area (Å²) in [7, 11) is 0. The predicted octanol–water partition coefficient (Wildman–Crippen LogP) is 18.6. The quantitative estimate of drug-likeness (QED) is 0.0204. The van der Waals surface area contributed by atoms with Crippen molar-refractivity contribution in [1.82, 2.24) is 5.32 Å². The molecule has 2 aliphatic heterocycles. The molecule has 2 saturated heterocycles. The minimum absolute atomic E-state index is 0.197. The number of nitrogens with one attached hydrogen (secondary N) is 1. The molecule has 9 N–H and O–H groups in total. The van der Waals surface area contributed by atoms with Crippen molar-refractivity contribution >= 4 is 5.91 Å². The van der Waals surface area contributed by atoms with Crippen LogP contribution in [0.4, 0.5) is 0 Å². The number of carbonyl (C=O) groups is 1. The van der Waals surface area contributed by atoms with Crippen LogP contribution in [-0.4, -0.2) is 140 Å². The van der Waals surface area contributed by atoms with Crippen LogP contribution in [0.25, 0.3) is 0 Å². The van der Waals surface area contributed by atoms with Crippen LogP contribution >= 0.6 is 0 Å². The Morgan fingerprint density at radius 1 is 0.379 bits per heavy atom. The smallest absolute Gasteiger partial charge is 0.220 e. The van der Waals surface area contributed by atoms with Gasteiger partial charge in [0.2, 0.25) is 5.91 Å². The highest BCUT2D eigenvalue weighted by molar-refractivity contribution is 5.76. The van der Waals surface area contributed by atoms with E-state index in [0.29, 0.717) is 12.8 Å². The van der Waals surface area contributed by atoms with Crippen molar-refractivity contribution in [3.05, 3.63) is 24.3 Å². The van der Waals surface area contributed by atoms with Gasteiger partial charge in [-0.05, 0) is 44.9 Å². The summed E-state index contributed by atoms with van der Waals surface area (Å²) in [5.41, 5.74) is 0. The van der Waals surface area contributed by atoms with E-state index >= 15 is 0 Å². The molecule has 12 unspecified atom stereocenters. The lowest BCUT2D eigenvalue weighted by Crippen LogP contribution is -2.65. The van der Waals surface area contributed by atoms with Crippen molar-refractivity contribution in [2.24, 2.45) is 0 Å². The van der Waals surface area contributed by atoms with E-state index in [0.717, 1.165) is 57.8 Å². The van der Waals surface area contributed by atoms with Crippen LogP contribution in [0.3, 0.4) is 0 Å². The molecule has 95 heavy (non-hydrogen) atoms. The largest absolute Gasteiger partial charge is 0.394 e. The molecule has 2 aliphatic rings. The highest BCUT2D eigenvalue weighted by atomic mass is 16.7. The Labute approximate surface area is 583 Å². The van der Waals surface area contributed by atoms with Crippen LogP contribution in [0.15, 0.2) is 24.3 Å². The van der Waals surface area contributed by atoms with E-state index < -0.39 is 86.8 Å². The number of rotatable bonds is 70. The van der Waals surface area contributed by atoms with E-state index in [1.165, 1.54) is 308 Å². The fourth-order valence-corrected chi connectivity index (χ4v) is 13.9. The molecular weight excluding hydrogens is 1190 g/mol. The summed E-state index contributed by atoms with van der Waals surface area (Å²) in [6, 6.07) is -0.827. The molecule has 2 rings (SSSR count). The summed E-state index contributed by atoms with van der Waals surface area (Å²) in [5, 5.41) is 87.9. The lowest BCUT2D eigenvalue weighted by atomic mass is 9.97. The van der Waals surface area contributed by atoms with Crippen LogP contribution in [0, 0.1) is 0 Å². The van der Waals surface area contributed by atoms with Gasteiger partial charge in [0.25, 0.3) is 0 Å². The third kappa shape index (κ3) is 48.9. The van der Waals surface area contributed by atoms with Gasteiger partial charge in [-0.3, -0.25) is 4.79 Å². The maximum Gasteiger partial charge on any atom is 0.220 e. The van der Waals surface area contributed by atoms with Gasteiger partial charge in [-0.25, -0.2) is 0 Å². The zero-order valence-corrected chi connectivity index (χ0v) is 61.7.